The molecule has 3 rings (SSSR count). The highest BCUT2D eigenvalue weighted by Gasteiger charge is 2.22. The number of benzene rings is 1. The van der Waals surface area contributed by atoms with Crippen LogP contribution in [0, 0.1) is 13.8 Å². The summed E-state index contributed by atoms with van der Waals surface area (Å²) in [6.45, 7) is 3.45. The van der Waals surface area contributed by atoms with Crippen molar-refractivity contribution in [1.29, 1.82) is 0 Å². The molecule has 0 saturated carbocycles. The van der Waals surface area contributed by atoms with Gasteiger partial charge in [-0.3, -0.25) is 0 Å². The molecule has 0 aliphatic carbocycles. The van der Waals surface area contributed by atoms with Crippen LogP contribution in [0.3, 0.4) is 0 Å². The molecule has 0 atom stereocenters. The molecule has 0 radical (unpaired) electrons. The third-order valence-corrected chi connectivity index (χ3v) is 5.09. The van der Waals surface area contributed by atoms with Crippen LogP contribution in [0.15, 0.2) is 38.2 Å². The van der Waals surface area contributed by atoms with E-state index in [0.29, 0.717) is 22.0 Å². The van der Waals surface area contributed by atoms with Gasteiger partial charge >= 0.3 is 0 Å². The summed E-state index contributed by atoms with van der Waals surface area (Å²) in [5.41, 5.74) is 1.17. The Morgan fingerprint density at radius 2 is 1.78 bits per heavy atom. The van der Waals surface area contributed by atoms with Crippen molar-refractivity contribution in [2.75, 3.05) is 0 Å². The van der Waals surface area contributed by atoms with Crippen molar-refractivity contribution >= 4 is 21.4 Å². The molecule has 3 aromatic rings. The van der Waals surface area contributed by atoms with Crippen LogP contribution in [0.4, 0.5) is 0 Å². The Labute approximate surface area is 137 Å². The maximum Gasteiger partial charge on any atom is 0.263 e. The molecule has 0 amide bonds. The van der Waals surface area contributed by atoms with E-state index < -0.39 is 9.84 Å². The van der Waals surface area contributed by atoms with Crippen molar-refractivity contribution in [3.63, 3.8) is 0 Å². The first-order valence-electron chi connectivity index (χ1n) is 6.61. The number of halogens is 1. The summed E-state index contributed by atoms with van der Waals surface area (Å²) >= 11 is 5.76. The summed E-state index contributed by atoms with van der Waals surface area (Å²) < 4.78 is 34.9. The first-order valence-corrected chi connectivity index (χ1v) is 8.64. The molecule has 23 heavy (non-hydrogen) atoms. The second-order valence-corrected chi connectivity index (χ2v) is 7.35. The predicted octanol–water partition coefficient (Wildman–Crippen LogP) is 2.97. The number of sulfone groups is 1. The lowest BCUT2D eigenvalue weighted by Crippen LogP contribution is -2.06. The third-order valence-electron chi connectivity index (χ3n) is 3.21. The molecule has 0 aliphatic heterocycles. The van der Waals surface area contributed by atoms with Crippen molar-refractivity contribution in [3.8, 4) is 11.5 Å². The fourth-order valence-corrected chi connectivity index (χ4v) is 3.40. The molecular formula is C14H12ClN3O4S. The molecule has 0 aliphatic rings. The maximum absolute atomic E-state index is 12.3. The Bertz CT molecular complexity index is 925. The van der Waals surface area contributed by atoms with E-state index in [1.807, 2.05) is 0 Å². The first-order chi connectivity index (χ1) is 10.9. The molecule has 1 aromatic carbocycles. The molecule has 0 N–H and O–H groups in total. The zero-order valence-electron chi connectivity index (χ0n) is 12.3. The van der Waals surface area contributed by atoms with Gasteiger partial charge in [-0.05, 0) is 38.1 Å². The zero-order chi connectivity index (χ0) is 16.6. The fourth-order valence-electron chi connectivity index (χ4n) is 2.10. The smallest absolute Gasteiger partial charge is 0.263 e. The largest absolute Gasteiger partial charge is 0.361 e. The number of aromatic nitrogens is 3. The van der Waals surface area contributed by atoms with Gasteiger partial charge in [0.1, 0.15) is 17.1 Å². The monoisotopic (exact) mass is 353 g/mol. The minimum atomic E-state index is -3.59. The average molecular weight is 354 g/mol. The van der Waals surface area contributed by atoms with Gasteiger partial charge in [0.25, 0.3) is 5.89 Å². The van der Waals surface area contributed by atoms with Gasteiger partial charge in [0.05, 0.1) is 10.6 Å². The normalized spacial score (nSPS) is 11.8. The Balaban J connectivity index is 1.88. The highest BCUT2D eigenvalue weighted by atomic mass is 35.5. The summed E-state index contributed by atoms with van der Waals surface area (Å²) in [4.78, 5) is 4.26. The van der Waals surface area contributed by atoms with Crippen LogP contribution in [-0.2, 0) is 15.6 Å². The molecule has 2 heterocycles. The molecule has 0 bridgehead atoms. The molecule has 120 valence electrons. The van der Waals surface area contributed by atoms with Gasteiger partial charge in [-0.15, -0.1) is 0 Å². The summed E-state index contributed by atoms with van der Waals surface area (Å²) in [6.07, 6.45) is 0. The lowest BCUT2D eigenvalue weighted by Gasteiger charge is -2.01. The van der Waals surface area contributed by atoms with Gasteiger partial charge in [-0.2, -0.15) is 4.98 Å². The molecule has 0 fully saturated rings. The fraction of sp³-hybridized carbons (Fsp3) is 0.214. The summed E-state index contributed by atoms with van der Waals surface area (Å²) in [5, 5.41) is 7.98. The topological polar surface area (TPSA) is 99.1 Å². The highest BCUT2D eigenvalue weighted by Crippen LogP contribution is 2.26. The molecule has 2 aromatic heterocycles. The van der Waals surface area contributed by atoms with Crippen LogP contribution in [0.2, 0.25) is 5.02 Å². The van der Waals surface area contributed by atoms with Crippen molar-refractivity contribution in [3.05, 3.63) is 46.6 Å². The Hall–Kier alpha value is -2.19. The Morgan fingerprint density at radius 3 is 2.39 bits per heavy atom. The first kappa shape index (κ1) is 15.7. The summed E-state index contributed by atoms with van der Waals surface area (Å²) in [5.74, 6) is 0.400. The standard InChI is InChI=1S/C14H12ClN3O4S/c1-8-13(9(2)21-17-8)14-16-12(18-22-14)7-23(19,20)11-5-3-10(15)4-6-11/h3-6H,7H2,1-2H3. The molecular weight excluding hydrogens is 342 g/mol. The summed E-state index contributed by atoms with van der Waals surface area (Å²) in [7, 11) is -3.59. The third kappa shape index (κ3) is 3.13. The van der Waals surface area contributed by atoms with Gasteiger partial charge in [-0.1, -0.05) is 21.9 Å². The van der Waals surface area contributed by atoms with Gasteiger partial charge in [0, 0.05) is 5.02 Å². The second kappa shape index (κ2) is 5.78. The SMILES string of the molecule is Cc1noc(C)c1-c1nc(CS(=O)(=O)c2ccc(Cl)cc2)no1. The van der Waals surface area contributed by atoms with E-state index >= 15 is 0 Å². The number of hydrogen-bond donors (Lipinski definition) is 0. The van der Waals surface area contributed by atoms with Gasteiger partial charge < -0.3 is 9.05 Å². The lowest BCUT2D eigenvalue weighted by molar-refractivity contribution is 0.392. The van der Waals surface area contributed by atoms with E-state index in [2.05, 4.69) is 15.3 Å². The summed E-state index contributed by atoms with van der Waals surface area (Å²) in [6, 6.07) is 5.90. The van der Waals surface area contributed by atoms with Crippen LogP contribution in [0.25, 0.3) is 11.5 Å². The van der Waals surface area contributed by atoms with E-state index in [9.17, 15) is 8.42 Å². The Morgan fingerprint density at radius 1 is 1.09 bits per heavy atom. The van der Waals surface area contributed by atoms with Gasteiger partial charge in [0.2, 0.25) is 0 Å². The van der Waals surface area contributed by atoms with E-state index in [0.717, 1.165) is 0 Å². The molecule has 0 saturated heterocycles. The van der Waals surface area contributed by atoms with Crippen molar-refractivity contribution in [2.45, 2.75) is 24.5 Å². The van der Waals surface area contributed by atoms with E-state index in [1.54, 1.807) is 13.8 Å². The molecule has 9 heteroatoms. The number of nitrogens with zero attached hydrogens (tertiary/aromatic N) is 3. The minimum Gasteiger partial charge on any atom is -0.361 e. The molecule has 0 unspecified atom stereocenters. The van der Waals surface area contributed by atoms with Crippen molar-refractivity contribution in [2.24, 2.45) is 0 Å². The number of rotatable bonds is 4. The Kier molecular flexibility index (Phi) is 3.95. The zero-order valence-corrected chi connectivity index (χ0v) is 13.8. The average Bonchev–Trinajstić information content (AvgIpc) is 3.05. The van der Waals surface area contributed by atoms with Crippen LogP contribution in [0.1, 0.15) is 17.3 Å². The molecule has 0 spiro atoms. The van der Waals surface area contributed by atoms with E-state index in [1.165, 1.54) is 24.3 Å². The molecule has 7 nitrogen and oxygen atoms in total. The van der Waals surface area contributed by atoms with Crippen LogP contribution in [-0.4, -0.2) is 23.7 Å². The lowest BCUT2D eigenvalue weighted by atomic mass is 10.2. The highest BCUT2D eigenvalue weighted by molar-refractivity contribution is 7.90. The maximum atomic E-state index is 12.3. The quantitative estimate of drug-likeness (QED) is 0.710. The predicted molar refractivity (Wildman–Crippen MR) is 81.6 cm³/mol. The van der Waals surface area contributed by atoms with Crippen molar-refractivity contribution in [1.82, 2.24) is 15.3 Å². The van der Waals surface area contributed by atoms with E-state index in [-0.39, 0.29) is 22.4 Å². The van der Waals surface area contributed by atoms with Crippen LogP contribution >= 0.6 is 11.6 Å². The number of hydrogen-bond acceptors (Lipinski definition) is 7. The van der Waals surface area contributed by atoms with Crippen LogP contribution < -0.4 is 0 Å². The van der Waals surface area contributed by atoms with Gasteiger partial charge in [-0.25, -0.2) is 8.42 Å². The van der Waals surface area contributed by atoms with Gasteiger partial charge in [0.15, 0.2) is 15.7 Å². The minimum absolute atomic E-state index is 0.0648. The van der Waals surface area contributed by atoms with Crippen LogP contribution in [0.5, 0.6) is 0 Å². The number of aryl methyl sites for hydroxylation is 2. The second-order valence-electron chi connectivity index (χ2n) is 4.93. The van der Waals surface area contributed by atoms with E-state index in [4.69, 9.17) is 20.6 Å². The van der Waals surface area contributed by atoms with Crippen molar-refractivity contribution < 1.29 is 17.5 Å².